The number of nitrogens with two attached hydrogens (primary N) is 1. The predicted molar refractivity (Wildman–Crippen MR) is 128 cm³/mol. The lowest BCUT2D eigenvalue weighted by Crippen LogP contribution is -2.51. The third-order valence-electron chi connectivity index (χ3n) is 6.54. The Hall–Kier alpha value is -2.09. The molecule has 3 rings (SSSR count). The first-order valence-corrected chi connectivity index (χ1v) is 12.1. The monoisotopic (exact) mass is 457 g/mol. The van der Waals surface area contributed by atoms with Crippen LogP contribution in [0.4, 0.5) is 0 Å². The predicted octanol–water partition coefficient (Wildman–Crippen LogP) is 4.02. The minimum Gasteiger partial charge on any atom is -0.393 e. The van der Waals surface area contributed by atoms with Crippen molar-refractivity contribution in [1.82, 2.24) is 10.3 Å². The number of Topliss-reactive ketones (excluding diaryl/α,β-unsaturated/α-hetero) is 1. The lowest BCUT2D eigenvalue weighted by molar-refractivity contribution is -0.139. The second-order valence-corrected chi connectivity index (χ2v) is 10.9. The second kappa shape index (κ2) is 9.81. The van der Waals surface area contributed by atoms with Gasteiger partial charge in [0.2, 0.25) is 5.91 Å². The molecule has 0 saturated heterocycles. The average molecular weight is 458 g/mol. The highest BCUT2D eigenvalue weighted by atomic mass is 32.1. The number of amides is 1. The molecule has 6 nitrogen and oxygen atoms in total. The minimum atomic E-state index is -0.641. The van der Waals surface area contributed by atoms with Crippen molar-refractivity contribution in [3.63, 3.8) is 0 Å². The third-order valence-corrected chi connectivity index (χ3v) is 7.52. The molecule has 0 aliphatic heterocycles. The molecule has 2 aromatic rings. The van der Waals surface area contributed by atoms with E-state index in [-0.39, 0.29) is 29.6 Å². The normalized spacial score (nSPS) is 23.4. The van der Waals surface area contributed by atoms with Gasteiger partial charge in [-0.05, 0) is 49.7 Å². The summed E-state index contributed by atoms with van der Waals surface area (Å²) in [6.45, 7) is 9.72. The maximum absolute atomic E-state index is 13.2. The van der Waals surface area contributed by atoms with Gasteiger partial charge in [-0.15, -0.1) is 11.3 Å². The van der Waals surface area contributed by atoms with Gasteiger partial charge < -0.3 is 16.2 Å². The van der Waals surface area contributed by atoms with Crippen LogP contribution in [0.2, 0.25) is 0 Å². The van der Waals surface area contributed by atoms with Crippen LogP contribution < -0.4 is 11.1 Å². The number of ketones is 1. The van der Waals surface area contributed by atoms with E-state index in [1.165, 1.54) is 0 Å². The standard InChI is InChI=1S/C25H35N3O3S/c1-14(16-6-8-17(9-7-16)22-15(2)27-13-32-22)28-24(31)20-12-18(29)10-11-19(20)21(30)23(26)25(3,4)5/h6-9,13-14,18-20,23,29H,10-12,26H2,1-5H3,(H,28,31)/t14-,18-,19?,20?,23+/m0/s1. The number of aliphatic hydroxyl groups is 1. The smallest absolute Gasteiger partial charge is 0.224 e. The number of carbonyl (C=O) groups is 2. The Kier molecular flexibility index (Phi) is 7.53. The summed E-state index contributed by atoms with van der Waals surface area (Å²) in [6, 6.07) is 7.24. The highest BCUT2D eigenvalue weighted by molar-refractivity contribution is 7.13. The van der Waals surface area contributed by atoms with Crippen molar-refractivity contribution in [2.45, 2.75) is 72.1 Å². The summed E-state index contributed by atoms with van der Waals surface area (Å²) in [7, 11) is 0. The number of hydrogen-bond donors (Lipinski definition) is 3. The fraction of sp³-hybridized carbons (Fsp3) is 0.560. The van der Waals surface area contributed by atoms with E-state index in [9.17, 15) is 14.7 Å². The van der Waals surface area contributed by atoms with E-state index in [0.717, 1.165) is 21.7 Å². The highest BCUT2D eigenvalue weighted by Crippen LogP contribution is 2.35. The molecule has 1 saturated carbocycles. The number of hydrogen-bond acceptors (Lipinski definition) is 6. The zero-order valence-corrected chi connectivity index (χ0v) is 20.4. The maximum Gasteiger partial charge on any atom is 0.224 e. The molecule has 32 heavy (non-hydrogen) atoms. The minimum absolute atomic E-state index is 0.0820. The van der Waals surface area contributed by atoms with Crippen molar-refractivity contribution in [3.05, 3.63) is 41.0 Å². The first-order chi connectivity index (χ1) is 15.0. The quantitative estimate of drug-likeness (QED) is 0.608. The van der Waals surface area contributed by atoms with Crippen LogP contribution in [-0.4, -0.2) is 33.9 Å². The van der Waals surface area contributed by atoms with E-state index < -0.39 is 24.0 Å². The Morgan fingerprint density at radius 1 is 1.19 bits per heavy atom. The SMILES string of the molecule is Cc1ncsc1-c1ccc([C@H](C)NC(=O)C2C[C@@H](O)CCC2C(=O)[C@@H](N)C(C)(C)C)cc1. The van der Waals surface area contributed by atoms with E-state index in [2.05, 4.69) is 10.3 Å². The van der Waals surface area contributed by atoms with Crippen molar-refractivity contribution in [2.75, 3.05) is 0 Å². The summed E-state index contributed by atoms with van der Waals surface area (Å²) in [6.07, 6.45) is 0.720. The van der Waals surface area contributed by atoms with Gasteiger partial charge in [0.05, 0.1) is 40.2 Å². The van der Waals surface area contributed by atoms with Gasteiger partial charge in [0.15, 0.2) is 5.78 Å². The van der Waals surface area contributed by atoms with Gasteiger partial charge >= 0.3 is 0 Å². The van der Waals surface area contributed by atoms with Gasteiger partial charge in [0.1, 0.15) is 0 Å². The van der Waals surface area contributed by atoms with Crippen LogP contribution in [0.5, 0.6) is 0 Å². The molecule has 1 heterocycles. The number of aliphatic hydroxyl groups excluding tert-OH is 1. The lowest BCUT2D eigenvalue weighted by Gasteiger charge is -2.36. The molecule has 1 fully saturated rings. The largest absolute Gasteiger partial charge is 0.393 e. The van der Waals surface area contributed by atoms with E-state index in [0.29, 0.717) is 12.8 Å². The molecular formula is C25H35N3O3S. The molecule has 0 spiro atoms. The van der Waals surface area contributed by atoms with Crippen LogP contribution in [0.25, 0.3) is 10.4 Å². The first kappa shape index (κ1) is 24.6. The van der Waals surface area contributed by atoms with Crippen LogP contribution in [0.1, 0.15) is 64.3 Å². The molecule has 5 atom stereocenters. The molecule has 0 bridgehead atoms. The lowest BCUT2D eigenvalue weighted by atomic mass is 9.70. The van der Waals surface area contributed by atoms with Crippen LogP contribution in [0, 0.1) is 24.2 Å². The summed E-state index contributed by atoms with van der Waals surface area (Å²) in [4.78, 5) is 31.7. The Morgan fingerprint density at radius 2 is 1.84 bits per heavy atom. The molecular weight excluding hydrogens is 422 g/mol. The van der Waals surface area contributed by atoms with Gasteiger partial charge in [-0.1, -0.05) is 45.0 Å². The zero-order valence-electron chi connectivity index (χ0n) is 19.6. The molecule has 7 heteroatoms. The molecule has 1 aromatic carbocycles. The number of carbonyl (C=O) groups excluding carboxylic acids is 2. The first-order valence-electron chi connectivity index (χ1n) is 11.3. The van der Waals surface area contributed by atoms with Crippen molar-refractivity contribution < 1.29 is 14.7 Å². The van der Waals surface area contributed by atoms with E-state index in [1.54, 1.807) is 11.3 Å². The number of rotatable bonds is 6. The summed E-state index contributed by atoms with van der Waals surface area (Å²) in [5, 5.41) is 13.3. The van der Waals surface area contributed by atoms with E-state index in [4.69, 9.17) is 5.73 Å². The summed E-state index contributed by atoms with van der Waals surface area (Å²) >= 11 is 1.61. The number of nitrogens with zero attached hydrogens (tertiary/aromatic N) is 1. The molecule has 4 N–H and O–H groups in total. The molecule has 1 aliphatic rings. The molecule has 1 aliphatic carbocycles. The van der Waals surface area contributed by atoms with Gasteiger partial charge in [-0.3, -0.25) is 9.59 Å². The number of aryl methyl sites for hydroxylation is 1. The van der Waals surface area contributed by atoms with Crippen LogP contribution in [0.15, 0.2) is 29.8 Å². The number of benzene rings is 1. The van der Waals surface area contributed by atoms with Crippen LogP contribution in [-0.2, 0) is 9.59 Å². The van der Waals surface area contributed by atoms with Crippen molar-refractivity contribution in [2.24, 2.45) is 23.0 Å². The average Bonchev–Trinajstić information content (AvgIpc) is 3.17. The summed E-state index contributed by atoms with van der Waals surface area (Å²) < 4.78 is 0. The highest BCUT2D eigenvalue weighted by Gasteiger charge is 2.42. The molecule has 0 radical (unpaired) electrons. The number of aromatic nitrogens is 1. The van der Waals surface area contributed by atoms with E-state index >= 15 is 0 Å². The van der Waals surface area contributed by atoms with Gasteiger partial charge in [0, 0.05) is 5.92 Å². The van der Waals surface area contributed by atoms with Gasteiger partial charge in [-0.25, -0.2) is 4.98 Å². The Morgan fingerprint density at radius 3 is 2.41 bits per heavy atom. The number of thiazole rings is 1. The molecule has 2 unspecified atom stereocenters. The zero-order chi connectivity index (χ0) is 23.6. The summed E-state index contributed by atoms with van der Waals surface area (Å²) in [5.41, 5.74) is 10.8. The van der Waals surface area contributed by atoms with Crippen molar-refractivity contribution in [1.29, 1.82) is 0 Å². The second-order valence-electron chi connectivity index (χ2n) is 10.0. The van der Waals surface area contributed by atoms with E-state index in [1.807, 2.05) is 64.4 Å². The Bertz CT molecular complexity index is 948. The Labute approximate surface area is 194 Å². The van der Waals surface area contributed by atoms with Gasteiger partial charge in [-0.2, -0.15) is 0 Å². The fourth-order valence-corrected chi connectivity index (χ4v) is 5.15. The summed E-state index contributed by atoms with van der Waals surface area (Å²) in [5.74, 6) is -1.31. The van der Waals surface area contributed by atoms with Crippen molar-refractivity contribution in [3.8, 4) is 10.4 Å². The maximum atomic E-state index is 13.2. The number of nitrogens with one attached hydrogen (secondary N) is 1. The topological polar surface area (TPSA) is 105 Å². The molecule has 174 valence electrons. The van der Waals surface area contributed by atoms with Crippen LogP contribution in [0.3, 0.4) is 0 Å². The third kappa shape index (κ3) is 5.45. The van der Waals surface area contributed by atoms with Gasteiger partial charge in [0.25, 0.3) is 0 Å². The molecule has 1 amide bonds. The Balaban J connectivity index is 1.72. The fourth-order valence-electron chi connectivity index (χ4n) is 4.34. The van der Waals surface area contributed by atoms with Crippen LogP contribution >= 0.6 is 11.3 Å². The van der Waals surface area contributed by atoms with Crippen molar-refractivity contribution >= 4 is 23.0 Å². The molecule has 1 aromatic heterocycles.